The Hall–Kier alpha value is -3.12. The number of hydrogen-bond acceptors (Lipinski definition) is 6. The van der Waals surface area contributed by atoms with Crippen LogP contribution in [-0.2, 0) is 9.59 Å². The minimum atomic E-state index is -1.20. The highest BCUT2D eigenvalue weighted by atomic mass is 33.1. The van der Waals surface area contributed by atoms with Crippen LogP contribution in [0.3, 0.4) is 0 Å². The van der Waals surface area contributed by atoms with E-state index in [4.69, 9.17) is 0 Å². The maximum atomic E-state index is 14.1. The van der Waals surface area contributed by atoms with Crippen LogP contribution in [0.25, 0.3) is 0 Å². The standard InChI is InChI=1S/C26H30F2N2O6S2/c1-13(2)9-19(25(33)34)29-23(31)17-7-5-15(27)11-21(17)37-38-22-12-16(28)6-8-18(22)24(32)30-20(26(35)36)10-14(3)4/h5-8,11-14,19-20H,9-10H2,1-4H3,(H,29,31)(H,30,32)(H,33,34)(H,35,36)/t19-,20+. The molecule has 206 valence electrons. The van der Waals surface area contributed by atoms with Crippen molar-refractivity contribution in [3.8, 4) is 0 Å². The Balaban J connectivity index is 2.30. The second-order valence-corrected chi connectivity index (χ2v) is 11.6. The van der Waals surface area contributed by atoms with Crippen molar-refractivity contribution in [2.45, 2.75) is 62.4 Å². The first-order chi connectivity index (χ1) is 17.8. The van der Waals surface area contributed by atoms with Crippen molar-refractivity contribution in [2.24, 2.45) is 11.8 Å². The molecule has 0 saturated heterocycles. The van der Waals surface area contributed by atoms with Gasteiger partial charge in [-0.05, 0) is 61.1 Å². The van der Waals surface area contributed by atoms with E-state index in [-0.39, 0.29) is 45.6 Å². The number of benzene rings is 2. The molecule has 0 aliphatic carbocycles. The van der Waals surface area contributed by atoms with E-state index in [2.05, 4.69) is 10.6 Å². The number of carbonyl (C=O) groups is 4. The van der Waals surface area contributed by atoms with E-state index < -0.39 is 47.5 Å². The van der Waals surface area contributed by atoms with Crippen LogP contribution in [0, 0.1) is 23.5 Å². The lowest BCUT2D eigenvalue weighted by atomic mass is 10.0. The van der Waals surface area contributed by atoms with E-state index in [0.29, 0.717) is 0 Å². The molecule has 0 aliphatic heterocycles. The van der Waals surface area contributed by atoms with Crippen molar-refractivity contribution in [1.82, 2.24) is 10.6 Å². The van der Waals surface area contributed by atoms with Gasteiger partial charge in [-0.25, -0.2) is 18.4 Å². The number of nitrogens with one attached hydrogen (secondary N) is 2. The normalized spacial score (nSPS) is 12.7. The summed E-state index contributed by atoms with van der Waals surface area (Å²) in [4.78, 5) is 49.2. The summed E-state index contributed by atoms with van der Waals surface area (Å²) in [6.45, 7) is 7.25. The van der Waals surface area contributed by atoms with Crippen LogP contribution >= 0.6 is 21.6 Å². The molecule has 2 rings (SSSR count). The van der Waals surface area contributed by atoms with Crippen LogP contribution in [0.2, 0.25) is 0 Å². The maximum Gasteiger partial charge on any atom is 0.326 e. The summed E-state index contributed by atoms with van der Waals surface area (Å²) < 4.78 is 28.1. The van der Waals surface area contributed by atoms with Crippen LogP contribution in [0.4, 0.5) is 8.78 Å². The van der Waals surface area contributed by atoms with Crippen LogP contribution in [0.15, 0.2) is 46.2 Å². The molecule has 0 spiro atoms. The van der Waals surface area contributed by atoms with Gasteiger partial charge in [0.2, 0.25) is 0 Å². The molecule has 2 amide bonds. The van der Waals surface area contributed by atoms with Gasteiger partial charge in [0.25, 0.3) is 11.8 Å². The predicted octanol–water partition coefficient (Wildman–Crippen LogP) is 5.22. The number of halogens is 2. The molecule has 0 bridgehead atoms. The fourth-order valence-corrected chi connectivity index (χ4v) is 5.82. The van der Waals surface area contributed by atoms with Crippen LogP contribution < -0.4 is 10.6 Å². The van der Waals surface area contributed by atoms with Crippen molar-refractivity contribution in [3.05, 3.63) is 59.2 Å². The first-order valence-corrected chi connectivity index (χ1v) is 13.9. The molecule has 0 aromatic heterocycles. The zero-order valence-electron chi connectivity index (χ0n) is 21.3. The molecule has 12 heteroatoms. The van der Waals surface area contributed by atoms with E-state index in [0.717, 1.165) is 45.9 Å². The minimum Gasteiger partial charge on any atom is -0.480 e. The first-order valence-electron chi connectivity index (χ1n) is 11.8. The second kappa shape index (κ2) is 14.1. The number of aliphatic carboxylic acids is 2. The Morgan fingerprint density at radius 3 is 1.34 bits per heavy atom. The molecular weight excluding hydrogens is 538 g/mol. The fraction of sp³-hybridized carbons (Fsp3) is 0.385. The lowest BCUT2D eigenvalue weighted by molar-refractivity contribution is -0.140. The van der Waals surface area contributed by atoms with Crippen molar-refractivity contribution in [2.75, 3.05) is 0 Å². The Morgan fingerprint density at radius 1 is 0.711 bits per heavy atom. The molecule has 0 radical (unpaired) electrons. The second-order valence-electron chi connectivity index (χ2n) is 9.44. The van der Waals surface area contributed by atoms with Gasteiger partial charge in [0, 0.05) is 9.79 Å². The third-order valence-corrected chi connectivity index (χ3v) is 7.66. The lowest BCUT2D eigenvalue weighted by Gasteiger charge is -2.18. The molecule has 0 saturated carbocycles. The summed E-state index contributed by atoms with van der Waals surface area (Å²) >= 11 is 0. The molecule has 38 heavy (non-hydrogen) atoms. The lowest BCUT2D eigenvalue weighted by Crippen LogP contribution is -2.41. The van der Waals surface area contributed by atoms with E-state index in [1.165, 1.54) is 12.1 Å². The van der Waals surface area contributed by atoms with Crippen LogP contribution in [0.5, 0.6) is 0 Å². The van der Waals surface area contributed by atoms with Crippen LogP contribution in [0.1, 0.15) is 61.3 Å². The van der Waals surface area contributed by atoms with Gasteiger partial charge >= 0.3 is 11.9 Å². The monoisotopic (exact) mass is 568 g/mol. The molecule has 0 unspecified atom stereocenters. The first kappa shape index (κ1) is 31.1. The van der Waals surface area contributed by atoms with E-state index in [9.17, 15) is 38.2 Å². The molecule has 8 nitrogen and oxygen atoms in total. The molecule has 2 aromatic rings. The summed E-state index contributed by atoms with van der Waals surface area (Å²) in [7, 11) is 1.75. The highest BCUT2D eigenvalue weighted by Gasteiger charge is 2.25. The van der Waals surface area contributed by atoms with Gasteiger partial charge in [-0.3, -0.25) is 9.59 Å². The topological polar surface area (TPSA) is 133 Å². The number of carboxylic acids is 2. The predicted molar refractivity (Wildman–Crippen MR) is 141 cm³/mol. The fourth-order valence-electron chi connectivity index (χ4n) is 3.45. The molecular formula is C26H30F2N2O6S2. The maximum absolute atomic E-state index is 14.1. The van der Waals surface area contributed by atoms with E-state index >= 15 is 0 Å². The summed E-state index contributed by atoms with van der Waals surface area (Å²) in [5.41, 5.74) is 0.00775. The van der Waals surface area contributed by atoms with Crippen molar-refractivity contribution in [3.63, 3.8) is 0 Å². The quantitative estimate of drug-likeness (QED) is 0.242. The van der Waals surface area contributed by atoms with Crippen molar-refractivity contribution < 1.29 is 38.2 Å². The average Bonchev–Trinajstić information content (AvgIpc) is 2.81. The Labute approximate surface area is 227 Å². The molecule has 0 heterocycles. The van der Waals surface area contributed by atoms with Gasteiger partial charge in [-0.15, -0.1) is 0 Å². The zero-order chi connectivity index (χ0) is 28.6. The SMILES string of the molecule is CC(C)C[C@H](NC(=O)c1ccc(F)cc1SSc1cc(F)ccc1C(=O)N[C@H](CC(C)C)C(=O)O)C(=O)O. The Kier molecular flexibility index (Phi) is 11.6. The highest BCUT2D eigenvalue weighted by Crippen LogP contribution is 2.41. The molecule has 2 aromatic carbocycles. The van der Waals surface area contributed by atoms with Gasteiger partial charge in [0.05, 0.1) is 11.1 Å². The van der Waals surface area contributed by atoms with Crippen molar-refractivity contribution in [1.29, 1.82) is 0 Å². The van der Waals surface area contributed by atoms with Gasteiger partial charge in [-0.1, -0.05) is 49.3 Å². The van der Waals surface area contributed by atoms with Gasteiger partial charge in [0.1, 0.15) is 23.7 Å². The zero-order valence-corrected chi connectivity index (χ0v) is 22.9. The average molecular weight is 569 g/mol. The Bertz CT molecular complexity index is 1100. The third kappa shape index (κ3) is 9.32. The number of rotatable bonds is 13. The van der Waals surface area contributed by atoms with E-state index in [1.807, 2.05) is 27.7 Å². The largest absolute Gasteiger partial charge is 0.480 e. The Morgan fingerprint density at radius 2 is 1.05 bits per heavy atom. The third-order valence-electron chi connectivity index (χ3n) is 5.22. The number of carbonyl (C=O) groups excluding carboxylic acids is 2. The van der Waals surface area contributed by atoms with Gasteiger partial charge < -0.3 is 20.8 Å². The summed E-state index contributed by atoms with van der Waals surface area (Å²) in [6, 6.07) is 4.40. The molecule has 2 atom stereocenters. The minimum absolute atomic E-state index is 0.00388. The summed E-state index contributed by atoms with van der Waals surface area (Å²) in [5.74, 6) is -5.18. The summed E-state index contributed by atoms with van der Waals surface area (Å²) in [5, 5.41) is 23.8. The van der Waals surface area contributed by atoms with Gasteiger partial charge in [0.15, 0.2) is 0 Å². The van der Waals surface area contributed by atoms with Gasteiger partial charge in [-0.2, -0.15) is 0 Å². The van der Waals surface area contributed by atoms with Crippen molar-refractivity contribution >= 4 is 45.3 Å². The smallest absolute Gasteiger partial charge is 0.326 e. The summed E-state index contributed by atoms with van der Waals surface area (Å²) in [6.07, 6.45) is 0.380. The molecule has 0 aliphatic rings. The van der Waals surface area contributed by atoms with Crippen LogP contribution in [-0.4, -0.2) is 46.0 Å². The molecule has 0 fully saturated rings. The number of amides is 2. The number of hydrogen-bond donors (Lipinski definition) is 4. The number of carboxylic acid groups (broad SMARTS) is 2. The van der Waals surface area contributed by atoms with E-state index in [1.54, 1.807) is 0 Å². The highest BCUT2D eigenvalue weighted by molar-refractivity contribution is 8.76. The molecule has 4 N–H and O–H groups in total.